The molecule has 0 unspecified atom stereocenters. The van der Waals surface area contributed by atoms with Crippen LogP contribution in [0.5, 0.6) is 5.75 Å². The molecule has 1 N–H and O–H groups in total. The number of rotatable bonds is 8. The summed E-state index contributed by atoms with van der Waals surface area (Å²) in [6.45, 7) is 3.71. The summed E-state index contributed by atoms with van der Waals surface area (Å²) in [5.74, 6) is 0.599. The lowest BCUT2D eigenvalue weighted by Crippen LogP contribution is -2.27. The van der Waals surface area contributed by atoms with Crippen LogP contribution in [-0.4, -0.2) is 51.3 Å². The van der Waals surface area contributed by atoms with E-state index < -0.39 is 11.5 Å². The van der Waals surface area contributed by atoms with Crippen molar-refractivity contribution in [3.8, 4) is 34.1 Å². The Labute approximate surface area is 283 Å². The van der Waals surface area contributed by atoms with E-state index in [-0.39, 0.29) is 34.7 Å². The minimum atomic E-state index is -1.06. The van der Waals surface area contributed by atoms with Crippen LogP contribution in [-0.2, 0) is 6.54 Å². The molecule has 236 valence electrons. The highest BCUT2D eigenvalue weighted by molar-refractivity contribution is 7.18. The van der Waals surface area contributed by atoms with Crippen molar-refractivity contribution >= 4 is 67.4 Å². The number of thiophene rings is 1. The number of carbonyl (C=O) groups is 1. The van der Waals surface area contributed by atoms with Crippen molar-refractivity contribution in [2.24, 2.45) is 0 Å². The largest absolute Gasteiger partial charge is 0.491 e. The Kier molecular flexibility index (Phi) is 8.59. The standard InChI is InChI=1S/C34H26Cl2N6O4S/c1-17-11-22(32-31(39-17)24(16-47-32)34(44)45)21-12-20(35)6-7-27(21)46-10-9-42-18(2)40-26-13-25(36)29(23(14-37)30(26)33(42)43)19-5-8-28(38-15-19)41(3)4/h5-8,11-13,15-16H,9-10H2,1-4H3,(H,44,45). The van der Waals surface area contributed by atoms with E-state index in [0.29, 0.717) is 54.7 Å². The van der Waals surface area contributed by atoms with Crippen molar-refractivity contribution in [3.05, 3.63) is 97.1 Å². The lowest BCUT2D eigenvalue weighted by Gasteiger charge is -2.17. The maximum absolute atomic E-state index is 14.0. The fourth-order valence-electron chi connectivity index (χ4n) is 5.49. The molecule has 0 radical (unpaired) electrons. The topological polar surface area (TPSA) is 134 Å². The molecule has 6 aromatic rings. The van der Waals surface area contributed by atoms with Gasteiger partial charge >= 0.3 is 5.97 Å². The maximum atomic E-state index is 14.0. The van der Waals surface area contributed by atoms with Crippen LogP contribution in [0, 0.1) is 25.2 Å². The molecule has 2 aromatic carbocycles. The van der Waals surface area contributed by atoms with Crippen molar-refractivity contribution in [1.29, 1.82) is 5.26 Å². The monoisotopic (exact) mass is 684 g/mol. The van der Waals surface area contributed by atoms with Gasteiger partial charge in [-0.05, 0) is 56.3 Å². The quantitative estimate of drug-likeness (QED) is 0.174. The molecule has 0 fully saturated rings. The number of carboxylic acid groups (broad SMARTS) is 1. The average Bonchev–Trinajstić information content (AvgIpc) is 3.46. The summed E-state index contributed by atoms with van der Waals surface area (Å²) in [7, 11) is 3.75. The van der Waals surface area contributed by atoms with E-state index in [4.69, 9.17) is 27.9 Å². The SMILES string of the molecule is Cc1cc(-c2cc(Cl)ccc2OCCn2c(C)nc3cc(Cl)c(-c4ccc(N(C)C)nc4)c(C#N)c3c2=O)c2scc(C(=O)O)c2n1. The fraction of sp³-hybridized carbons (Fsp3) is 0.176. The van der Waals surface area contributed by atoms with Gasteiger partial charge in [-0.25, -0.2) is 14.8 Å². The smallest absolute Gasteiger partial charge is 0.338 e. The molecule has 0 bridgehead atoms. The Morgan fingerprint density at radius 3 is 2.57 bits per heavy atom. The van der Waals surface area contributed by atoms with Gasteiger partial charge in [-0.1, -0.05) is 23.2 Å². The third-order valence-corrected chi connectivity index (χ3v) is 9.22. The number of hydrogen-bond donors (Lipinski definition) is 1. The molecule has 47 heavy (non-hydrogen) atoms. The average molecular weight is 686 g/mol. The Hall–Kier alpha value is -5.02. The Balaban J connectivity index is 1.37. The van der Waals surface area contributed by atoms with Gasteiger partial charge in [0.15, 0.2) is 0 Å². The number of fused-ring (bicyclic) bond motifs is 2. The van der Waals surface area contributed by atoms with Gasteiger partial charge in [-0.15, -0.1) is 11.3 Å². The summed E-state index contributed by atoms with van der Waals surface area (Å²) in [6.07, 6.45) is 1.62. The van der Waals surface area contributed by atoms with Gasteiger partial charge in [0, 0.05) is 58.6 Å². The van der Waals surface area contributed by atoms with Gasteiger partial charge in [-0.2, -0.15) is 5.26 Å². The summed E-state index contributed by atoms with van der Waals surface area (Å²) in [5, 5.41) is 22.4. The zero-order chi connectivity index (χ0) is 33.6. The molecule has 0 aliphatic rings. The van der Waals surface area contributed by atoms with Crippen LogP contribution in [0.4, 0.5) is 5.82 Å². The van der Waals surface area contributed by atoms with Crippen LogP contribution >= 0.6 is 34.5 Å². The number of anilines is 1. The van der Waals surface area contributed by atoms with E-state index in [1.165, 1.54) is 15.9 Å². The number of halogens is 2. The summed E-state index contributed by atoms with van der Waals surface area (Å²) in [6, 6.07) is 14.4. The molecule has 13 heteroatoms. The highest BCUT2D eigenvalue weighted by Gasteiger charge is 2.22. The lowest BCUT2D eigenvalue weighted by molar-refractivity contribution is 0.0699. The molecule has 0 saturated heterocycles. The van der Waals surface area contributed by atoms with Crippen molar-refractivity contribution in [1.82, 2.24) is 19.5 Å². The first-order valence-electron chi connectivity index (χ1n) is 14.3. The molecule has 0 aliphatic carbocycles. The first-order chi connectivity index (χ1) is 22.5. The van der Waals surface area contributed by atoms with E-state index in [1.54, 1.807) is 49.7 Å². The second-order valence-electron chi connectivity index (χ2n) is 11.0. The molecular formula is C34H26Cl2N6O4S. The number of benzene rings is 2. The van der Waals surface area contributed by atoms with E-state index in [9.17, 15) is 20.0 Å². The summed E-state index contributed by atoms with van der Waals surface area (Å²) in [4.78, 5) is 41.2. The van der Waals surface area contributed by atoms with Crippen molar-refractivity contribution in [2.75, 3.05) is 25.6 Å². The Morgan fingerprint density at radius 1 is 1.11 bits per heavy atom. The number of aromatic nitrogens is 4. The van der Waals surface area contributed by atoms with Crippen LogP contribution in [0.25, 0.3) is 43.4 Å². The molecule has 0 spiro atoms. The van der Waals surface area contributed by atoms with E-state index in [0.717, 1.165) is 11.4 Å². The minimum Gasteiger partial charge on any atom is -0.491 e. The predicted octanol–water partition coefficient (Wildman–Crippen LogP) is 7.37. The predicted molar refractivity (Wildman–Crippen MR) is 185 cm³/mol. The zero-order valence-corrected chi connectivity index (χ0v) is 28.0. The molecule has 0 aliphatic heterocycles. The number of pyridine rings is 2. The van der Waals surface area contributed by atoms with Gasteiger partial charge in [-0.3, -0.25) is 14.3 Å². The highest BCUT2D eigenvalue weighted by atomic mass is 35.5. The number of aryl methyl sites for hydroxylation is 2. The van der Waals surface area contributed by atoms with Crippen LogP contribution in [0.1, 0.15) is 27.4 Å². The zero-order valence-electron chi connectivity index (χ0n) is 25.6. The Morgan fingerprint density at radius 2 is 1.89 bits per heavy atom. The van der Waals surface area contributed by atoms with Gasteiger partial charge < -0.3 is 14.7 Å². The first kappa shape index (κ1) is 31.9. The van der Waals surface area contributed by atoms with E-state index in [2.05, 4.69) is 21.0 Å². The normalized spacial score (nSPS) is 11.2. The van der Waals surface area contributed by atoms with Crippen LogP contribution in [0.3, 0.4) is 0 Å². The van der Waals surface area contributed by atoms with Gasteiger partial charge in [0.1, 0.15) is 30.1 Å². The van der Waals surface area contributed by atoms with Gasteiger partial charge in [0.25, 0.3) is 5.56 Å². The number of hydrogen-bond acceptors (Lipinski definition) is 9. The molecule has 4 heterocycles. The van der Waals surface area contributed by atoms with Crippen molar-refractivity contribution in [3.63, 3.8) is 0 Å². The number of ether oxygens (including phenoxy) is 1. The number of carboxylic acids is 1. The second kappa shape index (κ2) is 12.6. The molecule has 0 saturated carbocycles. The molecule has 0 atom stereocenters. The van der Waals surface area contributed by atoms with E-state index in [1.807, 2.05) is 37.2 Å². The Bertz CT molecular complexity index is 2330. The fourth-order valence-corrected chi connectivity index (χ4v) is 6.98. The van der Waals surface area contributed by atoms with Gasteiger partial charge in [0.2, 0.25) is 0 Å². The summed E-state index contributed by atoms with van der Waals surface area (Å²) < 4.78 is 8.40. The number of aromatic carboxylic acids is 1. The third kappa shape index (κ3) is 5.87. The van der Waals surface area contributed by atoms with Crippen molar-refractivity contribution < 1.29 is 14.6 Å². The summed E-state index contributed by atoms with van der Waals surface area (Å²) >= 11 is 14.3. The number of nitriles is 1. The molecule has 4 aromatic heterocycles. The van der Waals surface area contributed by atoms with Crippen molar-refractivity contribution in [2.45, 2.75) is 20.4 Å². The second-order valence-corrected chi connectivity index (χ2v) is 12.7. The first-order valence-corrected chi connectivity index (χ1v) is 15.9. The maximum Gasteiger partial charge on any atom is 0.338 e. The number of nitrogens with zero attached hydrogens (tertiary/aromatic N) is 6. The lowest BCUT2D eigenvalue weighted by atomic mass is 9.98. The third-order valence-electron chi connectivity index (χ3n) is 7.68. The minimum absolute atomic E-state index is 0.0822. The van der Waals surface area contributed by atoms with Gasteiger partial charge in [0.05, 0.1) is 43.8 Å². The molecule has 0 amide bonds. The highest BCUT2D eigenvalue weighted by Crippen LogP contribution is 2.40. The van der Waals surface area contributed by atoms with Crippen LogP contribution < -0.4 is 15.2 Å². The molecule has 10 nitrogen and oxygen atoms in total. The summed E-state index contributed by atoms with van der Waals surface area (Å²) in [5.41, 5.74) is 3.61. The van der Waals surface area contributed by atoms with Crippen LogP contribution in [0.2, 0.25) is 10.0 Å². The van der Waals surface area contributed by atoms with Crippen LogP contribution in [0.15, 0.2) is 58.8 Å². The van der Waals surface area contributed by atoms with E-state index >= 15 is 0 Å². The molecular weight excluding hydrogens is 659 g/mol. The molecule has 6 rings (SSSR count).